The largest absolute Gasteiger partial charge is 0.468 e. The number of hydrazine groups is 1. The SMILES string of the molecule is CCCCN(C(=O)c1cccc(C)c1)N(CC(=O)OC)C(=O)c1cccc(C)c1. The summed E-state index contributed by atoms with van der Waals surface area (Å²) in [7, 11) is 1.26. The van der Waals surface area contributed by atoms with Crippen LogP contribution in [0.4, 0.5) is 0 Å². The third-order valence-corrected chi connectivity index (χ3v) is 4.52. The zero-order valence-corrected chi connectivity index (χ0v) is 17.5. The van der Waals surface area contributed by atoms with E-state index < -0.39 is 11.9 Å². The topological polar surface area (TPSA) is 66.9 Å². The molecule has 0 N–H and O–H groups in total. The number of aryl methyl sites for hydroxylation is 2. The Labute approximate surface area is 172 Å². The number of ether oxygens (including phenoxy) is 1. The number of nitrogens with zero attached hydrogens (tertiary/aromatic N) is 2. The Bertz CT molecular complexity index is 879. The molecule has 2 rings (SSSR count). The maximum Gasteiger partial charge on any atom is 0.327 e. The van der Waals surface area contributed by atoms with E-state index in [0.29, 0.717) is 24.1 Å². The first-order valence-electron chi connectivity index (χ1n) is 9.71. The summed E-state index contributed by atoms with van der Waals surface area (Å²) >= 11 is 0. The summed E-state index contributed by atoms with van der Waals surface area (Å²) in [6.07, 6.45) is 1.53. The number of hydrogen-bond donors (Lipinski definition) is 0. The van der Waals surface area contributed by atoms with Gasteiger partial charge in [-0.1, -0.05) is 48.7 Å². The molecule has 2 aromatic rings. The highest BCUT2D eigenvalue weighted by molar-refractivity contribution is 6.00. The van der Waals surface area contributed by atoms with Gasteiger partial charge in [0.05, 0.1) is 7.11 Å². The van der Waals surface area contributed by atoms with Crippen molar-refractivity contribution >= 4 is 17.8 Å². The smallest absolute Gasteiger partial charge is 0.327 e. The minimum atomic E-state index is -0.593. The molecule has 0 saturated carbocycles. The lowest BCUT2D eigenvalue weighted by Crippen LogP contribution is -2.52. The molecule has 0 aliphatic heterocycles. The van der Waals surface area contributed by atoms with Gasteiger partial charge in [0.1, 0.15) is 6.54 Å². The van der Waals surface area contributed by atoms with Crippen LogP contribution < -0.4 is 0 Å². The van der Waals surface area contributed by atoms with Crippen LogP contribution in [0.1, 0.15) is 51.6 Å². The number of methoxy groups -OCH3 is 1. The molecule has 29 heavy (non-hydrogen) atoms. The molecule has 0 heterocycles. The number of carbonyl (C=O) groups excluding carboxylic acids is 3. The first-order valence-corrected chi connectivity index (χ1v) is 9.71. The van der Waals surface area contributed by atoms with Gasteiger partial charge in [-0.15, -0.1) is 0 Å². The predicted molar refractivity (Wildman–Crippen MR) is 111 cm³/mol. The molecule has 0 aliphatic carbocycles. The second-order valence-electron chi connectivity index (χ2n) is 6.96. The average Bonchev–Trinajstić information content (AvgIpc) is 2.72. The highest BCUT2D eigenvalue weighted by Gasteiger charge is 2.30. The minimum absolute atomic E-state index is 0.317. The number of esters is 1. The standard InChI is InChI=1S/C23H28N2O4/c1-5-6-13-24(22(27)19-11-7-9-17(2)14-19)25(16-21(26)29-4)23(28)20-12-8-10-18(3)15-20/h7-12,14-15H,5-6,13,16H2,1-4H3. The van der Waals surface area contributed by atoms with Crippen LogP contribution in [0.15, 0.2) is 48.5 Å². The van der Waals surface area contributed by atoms with Gasteiger partial charge in [0.2, 0.25) is 0 Å². The Hall–Kier alpha value is -3.15. The molecule has 2 amide bonds. The molecule has 0 fully saturated rings. The number of unbranched alkanes of at least 4 members (excludes halogenated alkanes) is 1. The van der Waals surface area contributed by atoms with Gasteiger partial charge in [-0.3, -0.25) is 14.4 Å². The fourth-order valence-electron chi connectivity index (χ4n) is 2.95. The highest BCUT2D eigenvalue weighted by Crippen LogP contribution is 2.16. The molecule has 0 spiro atoms. The Kier molecular flexibility index (Phi) is 7.95. The van der Waals surface area contributed by atoms with Crippen molar-refractivity contribution in [3.05, 3.63) is 70.8 Å². The van der Waals surface area contributed by atoms with Crippen LogP contribution in [-0.4, -0.2) is 48.0 Å². The second-order valence-corrected chi connectivity index (χ2v) is 6.96. The van der Waals surface area contributed by atoms with Crippen LogP contribution in [0, 0.1) is 13.8 Å². The zero-order valence-electron chi connectivity index (χ0n) is 17.5. The lowest BCUT2D eigenvalue weighted by Gasteiger charge is -2.34. The van der Waals surface area contributed by atoms with E-state index in [1.807, 2.05) is 32.9 Å². The molecule has 6 nitrogen and oxygen atoms in total. The van der Waals surface area contributed by atoms with Gasteiger partial charge in [0, 0.05) is 17.7 Å². The van der Waals surface area contributed by atoms with E-state index in [2.05, 4.69) is 0 Å². The van der Waals surface area contributed by atoms with Crippen molar-refractivity contribution < 1.29 is 19.1 Å². The third kappa shape index (κ3) is 5.91. The van der Waals surface area contributed by atoms with Gasteiger partial charge in [0.25, 0.3) is 11.8 Å². The van der Waals surface area contributed by atoms with Crippen molar-refractivity contribution in [3.63, 3.8) is 0 Å². The van der Waals surface area contributed by atoms with Crippen molar-refractivity contribution in [1.82, 2.24) is 10.0 Å². The molecule has 0 aliphatic rings. The van der Waals surface area contributed by atoms with Crippen molar-refractivity contribution in [3.8, 4) is 0 Å². The highest BCUT2D eigenvalue weighted by atomic mass is 16.5. The number of amides is 2. The molecule has 0 unspecified atom stereocenters. The van der Waals surface area contributed by atoms with E-state index in [0.717, 1.165) is 17.5 Å². The van der Waals surface area contributed by atoms with Gasteiger partial charge in [0.15, 0.2) is 0 Å². The molecule has 0 aromatic heterocycles. The molecule has 2 aromatic carbocycles. The summed E-state index contributed by atoms with van der Waals surface area (Å²) in [4.78, 5) is 38.6. The van der Waals surface area contributed by atoms with Crippen molar-refractivity contribution in [2.75, 3.05) is 20.2 Å². The Morgan fingerprint density at radius 3 is 1.83 bits per heavy atom. The molecule has 0 atom stereocenters. The first-order chi connectivity index (χ1) is 13.9. The normalized spacial score (nSPS) is 10.3. The van der Waals surface area contributed by atoms with E-state index >= 15 is 0 Å². The molecule has 0 saturated heterocycles. The van der Waals surface area contributed by atoms with Crippen LogP contribution in [-0.2, 0) is 9.53 Å². The number of carbonyl (C=O) groups is 3. The predicted octanol–water partition coefficient (Wildman–Crippen LogP) is 3.78. The fraction of sp³-hybridized carbons (Fsp3) is 0.348. The third-order valence-electron chi connectivity index (χ3n) is 4.52. The van der Waals surface area contributed by atoms with E-state index in [9.17, 15) is 14.4 Å². The minimum Gasteiger partial charge on any atom is -0.468 e. The van der Waals surface area contributed by atoms with E-state index in [4.69, 9.17) is 4.74 Å². The Morgan fingerprint density at radius 2 is 1.38 bits per heavy atom. The quantitative estimate of drug-likeness (QED) is 0.528. The summed E-state index contributed by atoms with van der Waals surface area (Å²) in [5.41, 5.74) is 2.73. The van der Waals surface area contributed by atoms with Gasteiger partial charge < -0.3 is 4.74 Å². The first kappa shape index (κ1) is 22.1. The van der Waals surface area contributed by atoms with E-state index in [1.165, 1.54) is 17.1 Å². The van der Waals surface area contributed by atoms with Crippen LogP contribution in [0.2, 0.25) is 0 Å². The summed E-state index contributed by atoms with van der Waals surface area (Å²) < 4.78 is 4.78. The van der Waals surface area contributed by atoms with Crippen LogP contribution in [0.25, 0.3) is 0 Å². The number of hydrogen-bond acceptors (Lipinski definition) is 4. The zero-order chi connectivity index (χ0) is 21.4. The van der Waals surface area contributed by atoms with Crippen molar-refractivity contribution in [2.24, 2.45) is 0 Å². The van der Waals surface area contributed by atoms with Gasteiger partial charge in [-0.25, -0.2) is 10.0 Å². The maximum atomic E-state index is 13.3. The summed E-state index contributed by atoms with van der Waals surface area (Å²) in [6.45, 7) is 5.76. The lowest BCUT2D eigenvalue weighted by atomic mass is 10.1. The van der Waals surface area contributed by atoms with Crippen LogP contribution >= 0.6 is 0 Å². The average molecular weight is 396 g/mol. The van der Waals surface area contributed by atoms with E-state index in [-0.39, 0.29) is 12.5 Å². The molecule has 0 radical (unpaired) electrons. The Balaban J connectivity index is 2.46. The second kappa shape index (κ2) is 10.4. The summed E-state index contributed by atoms with van der Waals surface area (Å²) in [6, 6.07) is 14.3. The molecule has 6 heteroatoms. The molecular weight excluding hydrogens is 368 g/mol. The molecule has 154 valence electrons. The molecular formula is C23H28N2O4. The van der Waals surface area contributed by atoms with Crippen LogP contribution in [0.5, 0.6) is 0 Å². The number of rotatable bonds is 7. The number of benzene rings is 2. The molecule has 0 bridgehead atoms. The van der Waals surface area contributed by atoms with Gasteiger partial charge in [-0.2, -0.15) is 0 Å². The Morgan fingerprint density at radius 1 is 0.862 bits per heavy atom. The van der Waals surface area contributed by atoms with Gasteiger partial charge >= 0.3 is 5.97 Å². The monoisotopic (exact) mass is 396 g/mol. The van der Waals surface area contributed by atoms with Crippen molar-refractivity contribution in [1.29, 1.82) is 0 Å². The maximum absolute atomic E-state index is 13.3. The van der Waals surface area contributed by atoms with Crippen LogP contribution in [0.3, 0.4) is 0 Å². The van der Waals surface area contributed by atoms with Crippen molar-refractivity contribution in [2.45, 2.75) is 33.6 Å². The summed E-state index contributed by atoms with van der Waals surface area (Å²) in [5.74, 6) is -1.34. The fourth-order valence-corrected chi connectivity index (χ4v) is 2.95. The lowest BCUT2D eigenvalue weighted by molar-refractivity contribution is -0.144. The van der Waals surface area contributed by atoms with E-state index in [1.54, 1.807) is 36.4 Å². The summed E-state index contributed by atoms with van der Waals surface area (Å²) in [5, 5.41) is 2.56. The van der Waals surface area contributed by atoms with Gasteiger partial charge in [-0.05, 0) is 44.5 Å².